The molecular formula is C24H34N6O2S. The minimum Gasteiger partial charge on any atom is -0.368 e. The minimum atomic E-state index is -0.0241. The Balaban J connectivity index is 1.23. The lowest BCUT2D eigenvalue weighted by Crippen LogP contribution is -2.54. The van der Waals surface area contributed by atoms with Gasteiger partial charge >= 0.3 is 0 Å². The van der Waals surface area contributed by atoms with E-state index in [1.54, 1.807) is 0 Å². The summed E-state index contributed by atoms with van der Waals surface area (Å²) in [5, 5.41) is 5.74. The number of nitrogens with zero attached hydrogens (tertiary/aromatic N) is 5. The molecule has 33 heavy (non-hydrogen) atoms. The fourth-order valence-electron chi connectivity index (χ4n) is 4.65. The predicted octanol–water partition coefficient (Wildman–Crippen LogP) is 2.30. The van der Waals surface area contributed by atoms with Crippen molar-refractivity contribution in [3.8, 4) is 0 Å². The number of carbonyl (C=O) groups excluding carboxylic acids is 2. The van der Waals surface area contributed by atoms with E-state index >= 15 is 0 Å². The van der Waals surface area contributed by atoms with Gasteiger partial charge in [-0.25, -0.2) is 4.98 Å². The van der Waals surface area contributed by atoms with E-state index < -0.39 is 0 Å². The van der Waals surface area contributed by atoms with Crippen LogP contribution in [0.5, 0.6) is 0 Å². The van der Waals surface area contributed by atoms with Crippen LogP contribution in [0, 0.1) is 13.8 Å². The summed E-state index contributed by atoms with van der Waals surface area (Å²) in [5.74, 6) is 0.162. The van der Waals surface area contributed by atoms with Crippen LogP contribution in [-0.4, -0.2) is 96.9 Å². The van der Waals surface area contributed by atoms with Crippen molar-refractivity contribution >= 4 is 34.0 Å². The van der Waals surface area contributed by atoms with Gasteiger partial charge in [-0.2, -0.15) is 0 Å². The SMILES string of the molecule is CCNc1nc(C(=O)N2CCN(CC(=O)N3CCN(c4c(C)cccc4C)CC3)CC2)cs1. The lowest BCUT2D eigenvalue weighted by atomic mass is 10.1. The van der Waals surface area contributed by atoms with Crippen molar-refractivity contribution in [1.29, 1.82) is 0 Å². The molecule has 1 aromatic carbocycles. The van der Waals surface area contributed by atoms with Gasteiger partial charge in [0.05, 0.1) is 6.54 Å². The zero-order valence-electron chi connectivity index (χ0n) is 19.8. The summed E-state index contributed by atoms with van der Waals surface area (Å²) in [5.41, 5.74) is 4.39. The number of anilines is 2. The van der Waals surface area contributed by atoms with E-state index in [0.717, 1.165) is 37.9 Å². The largest absolute Gasteiger partial charge is 0.368 e. The van der Waals surface area contributed by atoms with Crippen LogP contribution in [0.1, 0.15) is 28.5 Å². The maximum Gasteiger partial charge on any atom is 0.273 e. The molecule has 0 radical (unpaired) electrons. The molecule has 1 N–H and O–H groups in total. The van der Waals surface area contributed by atoms with Gasteiger partial charge < -0.3 is 20.0 Å². The molecule has 0 unspecified atom stereocenters. The Hall–Kier alpha value is -2.65. The average Bonchev–Trinajstić information content (AvgIpc) is 3.28. The molecular weight excluding hydrogens is 436 g/mol. The number of hydrogen-bond donors (Lipinski definition) is 1. The molecule has 0 atom stereocenters. The molecule has 0 spiro atoms. The second-order valence-electron chi connectivity index (χ2n) is 8.74. The van der Waals surface area contributed by atoms with Crippen molar-refractivity contribution in [2.75, 3.05) is 75.7 Å². The monoisotopic (exact) mass is 470 g/mol. The van der Waals surface area contributed by atoms with Crippen molar-refractivity contribution in [2.45, 2.75) is 20.8 Å². The van der Waals surface area contributed by atoms with Crippen LogP contribution < -0.4 is 10.2 Å². The van der Waals surface area contributed by atoms with Gasteiger partial charge in [-0.3, -0.25) is 14.5 Å². The van der Waals surface area contributed by atoms with Gasteiger partial charge in [-0.15, -0.1) is 11.3 Å². The second kappa shape index (κ2) is 10.5. The lowest BCUT2D eigenvalue weighted by molar-refractivity contribution is -0.133. The second-order valence-corrected chi connectivity index (χ2v) is 9.60. The summed E-state index contributed by atoms with van der Waals surface area (Å²) < 4.78 is 0. The molecule has 0 bridgehead atoms. The van der Waals surface area contributed by atoms with E-state index in [9.17, 15) is 9.59 Å². The molecule has 3 heterocycles. The van der Waals surface area contributed by atoms with Gasteiger partial charge in [0, 0.05) is 70.0 Å². The summed E-state index contributed by atoms with van der Waals surface area (Å²) in [7, 11) is 0. The fraction of sp³-hybridized carbons (Fsp3) is 0.542. The first-order valence-electron chi connectivity index (χ1n) is 11.8. The van der Waals surface area contributed by atoms with Crippen LogP contribution in [0.3, 0.4) is 0 Å². The molecule has 4 rings (SSSR count). The molecule has 0 saturated carbocycles. The molecule has 2 aromatic rings. The third kappa shape index (κ3) is 5.47. The van der Waals surface area contributed by atoms with E-state index in [-0.39, 0.29) is 11.8 Å². The Kier molecular flexibility index (Phi) is 7.49. The number of rotatable bonds is 6. The van der Waals surface area contributed by atoms with E-state index in [0.29, 0.717) is 38.4 Å². The third-order valence-electron chi connectivity index (χ3n) is 6.46. The van der Waals surface area contributed by atoms with Gasteiger partial charge in [0.1, 0.15) is 5.69 Å². The van der Waals surface area contributed by atoms with Crippen LogP contribution in [0.2, 0.25) is 0 Å². The molecule has 2 amide bonds. The topological polar surface area (TPSA) is 72.0 Å². The maximum atomic E-state index is 12.9. The normalized spacial score (nSPS) is 17.4. The van der Waals surface area contributed by atoms with Crippen molar-refractivity contribution in [3.05, 3.63) is 40.4 Å². The first-order valence-corrected chi connectivity index (χ1v) is 12.6. The van der Waals surface area contributed by atoms with Crippen LogP contribution in [0.15, 0.2) is 23.6 Å². The number of thiazole rings is 1. The van der Waals surface area contributed by atoms with Crippen LogP contribution in [0.4, 0.5) is 10.8 Å². The predicted molar refractivity (Wildman–Crippen MR) is 133 cm³/mol. The van der Waals surface area contributed by atoms with Crippen molar-refractivity contribution < 1.29 is 9.59 Å². The molecule has 9 heteroatoms. The number of benzene rings is 1. The highest BCUT2D eigenvalue weighted by atomic mass is 32.1. The van der Waals surface area contributed by atoms with Gasteiger partial charge in [0.15, 0.2) is 5.13 Å². The number of hydrogen-bond acceptors (Lipinski definition) is 7. The Bertz CT molecular complexity index is 957. The number of amides is 2. The average molecular weight is 471 g/mol. The van der Waals surface area contributed by atoms with Gasteiger partial charge in [0.25, 0.3) is 5.91 Å². The molecule has 8 nitrogen and oxygen atoms in total. The van der Waals surface area contributed by atoms with Crippen LogP contribution in [0.25, 0.3) is 0 Å². The highest BCUT2D eigenvalue weighted by molar-refractivity contribution is 7.13. The van der Waals surface area contributed by atoms with Gasteiger partial charge in [0.2, 0.25) is 5.91 Å². The van der Waals surface area contributed by atoms with Crippen molar-refractivity contribution in [1.82, 2.24) is 19.7 Å². The number of nitrogens with one attached hydrogen (secondary N) is 1. The van der Waals surface area contributed by atoms with E-state index in [2.05, 4.69) is 52.1 Å². The number of carbonyl (C=O) groups is 2. The first kappa shape index (κ1) is 23.5. The zero-order chi connectivity index (χ0) is 23.4. The number of piperazine rings is 2. The standard InChI is InChI=1S/C24H34N6O2S/c1-4-25-24-26-20(17-33-24)23(32)30-10-8-27(9-11-30)16-21(31)28-12-14-29(15-13-28)22-18(2)6-5-7-19(22)3/h5-7,17H,4,8-16H2,1-3H3,(H,25,26). The molecule has 1 aromatic heterocycles. The summed E-state index contributed by atoms with van der Waals surface area (Å²) in [6.45, 7) is 13.4. The highest BCUT2D eigenvalue weighted by Gasteiger charge is 2.28. The number of para-hydroxylation sites is 1. The third-order valence-corrected chi connectivity index (χ3v) is 7.26. The summed E-state index contributed by atoms with van der Waals surface area (Å²) in [6.07, 6.45) is 0. The van der Waals surface area contributed by atoms with Gasteiger partial charge in [-0.05, 0) is 31.9 Å². The molecule has 2 aliphatic rings. The molecule has 0 aliphatic carbocycles. The smallest absolute Gasteiger partial charge is 0.273 e. The highest BCUT2D eigenvalue weighted by Crippen LogP contribution is 2.25. The summed E-state index contributed by atoms with van der Waals surface area (Å²) in [6, 6.07) is 6.40. The van der Waals surface area contributed by atoms with Gasteiger partial charge in [-0.1, -0.05) is 18.2 Å². The minimum absolute atomic E-state index is 0.0241. The number of aromatic nitrogens is 1. The maximum absolute atomic E-state index is 12.9. The van der Waals surface area contributed by atoms with Crippen molar-refractivity contribution in [3.63, 3.8) is 0 Å². The summed E-state index contributed by atoms with van der Waals surface area (Å²) in [4.78, 5) is 38.4. The molecule has 2 aliphatic heterocycles. The van der Waals surface area contributed by atoms with E-state index in [1.807, 2.05) is 22.1 Å². The van der Waals surface area contributed by atoms with Crippen LogP contribution in [-0.2, 0) is 4.79 Å². The lowest BCUT2D eigenvalue weighted by Gasteiger charge is -2.39. The Labute approximate surface area is 200 Å². The van der Waals surface area contributed by atoms with E-state index in [4.69, 9.17) is 0 Å². The Morgan fingerprint density at radius 2 is 1.61 bits per heavy atom. The molecule has 2 fully saturated rings. The fourth-order valence-corrected chi connectivity index (χ4v) is 5.41. The van der Waals surface area contributed by atoms with E-state index in [1.165, 1.54) is 28.2 Å². The molecule has 2 saturated heterocycles. The molecule has 178 valence electrons. The number of aryl methyl sites for hydroxylation is 2. The Morgan fingerprint density at radius 3 is 2.24 bits per heavy atom. The van der Waals surface area contributed by atoms with Crippen molar-refractivity contribution in [2.24, 2.45) is 0 Å². The quantitative estimate of drug-likeness (QED) is 0.699. The zero-order valence-corrected chi connectivity index (χ0v) is 20.7. The summed E-state index contributed by atoms with van der Waals surface area (Å²) >= 11 is 1.46. The first-order chi connectivity index (χ1) is 16.0. The Morgan fingerprint density at radius 1 is 0.970 bits per heavy atom. The van der Waals surface area contributed by atoms with Crippen LogP contribution >= 0.6 is 11.3 Å².